The van der Waals surface area contributed by atoms with Crippen LogP contribution in [0.5, 0.6) is 5.75 Å². The minimum atomic E-state index is -1.32. The molecule has 5 heterocycles. The Hall–Kier alpha value is -4.03. The Bertz CT molecular complexity index is 1930. The molecule has 0 radical (unpaired) electrons. The quantitative estimate of drug-likeness (QED) is 0.288. The topological polar surface area (TPSA) is 104 Å². The molecular formula is C31H29ClF2N6O3S. The third-order valence-corrected chi connectivity index (χ3v) is 9.86. The van der Waals surface area contributed by atoms with Crippen molar-refractivity contribution in [2.45, 2.75) is 50.6 Å². The number of amides is 1. The Morgan fingerprint density at radius 2 is 1.98 bits per heavy atom. The molecule has 0 saturated carbocycles. The molecule has 0 bridgehead atoms. The van der Waals surface area contributed by atoms with Gasteiger partial charge in [0, 0.05) is 36.0 Å². The van der Waals surface area contributed by atoms with Crippen LogP contribution in [0, 0.1) is 18.6 Å². The predicted octanol–water partition coefficient (Wildman–Crippen LogP) is 5.61. The van der Waals surface area contributed by atoms with E-state index in [1.54, 1.807) is 17.2 Å². The number of piperazine rings is 1. The summed E-state index contributed by atoms with van der Waals surface area (Å²) >= 11 is 8.31. The number of carbonyl (C=O) groups is 1. The molecule has 228 valence electrons. The summed E-state index contributed by atoms with van der Waals surface area (Å²) < 4.78 is 31.2. The summed E-state index contributed by atoms with van der Waals surface area (Å²) in [6.07, 6.45) is 2.93. The van der Waals surface area contributed by atoms with Crippen LogP contribution < -0.4 is 10.6 Å². The molecule has 9 nitrogen and oxygen atoms in total. The number of aryl methyl sites for hydroxylation is 1. The van der Waals surface area contributed by atoms with Crippen LogP contribution in [0.2, 0.25) is 5.02 Å². The fraction of sp³-hybridized carbons (Fsp3) is 0.323. The molecular weight excluding hydrogens is 610 g/mol. The van der Waals surface area contributed by atoms with Crippen LogP contribution >= 0.6 is 23.4 Å². The summed E-state index contributed by atoms with van der Waals surface area (Å²) in [5, 5.41) is 11.1. The third-order valence-electron chi connectivity index (χ3n) is 8.13. The van der Waals surface area contributed by atoms with Gasteiger partial charge >= 0.3 is 5.69 Å². The minimum Gasteiger partial charge on any atom is -0.507 e. The van der Waals surface area contributed by atoms with Crippen molar-refractivity contribution in [3.8, 4) is 22.7 Å². The van der Waals surface area contributed by atoms with E-state index in [-0.39, 0.29) is 40.3 Å². The molecule has 2 aliphatic heterocycles. The van der Waals surface area contributed by atoms with Crippen molar-refractivity contribution >= 4 is 46.1 Å². The lowest BCUT2D eigenvalue weighted by Crippen LogP contribution is -2.60. The van der Waals surface area contributed by atoms with Crippen molar-refractivity contribution in [3.63, 3.8) is 0 Å². The highest BCUT2D eigenvalue weighted by Gasteiger charge is 2.39. The number of carbonyl (C=O) groups excluding carboxylic acids is 1. The maximum atomic E-state index is 15.3. The number of nitrogens with zero attached hydrogens (tertiary/aromatic N) is 6. The fourth-order valence-electron chi connectivity index (χ4n) is 5.99. The van der Waals surface area contributed by atoms with Crippen LogP contribution in [0.4, 0.5) is 14.6 Å². The summed E-state index contributed by atoms with van der Waals surface area (Å²) in [7, 11) is 0. The second-order valence-corrected chi connectivity index (χ2v) is 12.7. The molecule has 6 rings (SSSR count). The maximum Gasteiger partial charge on any atom is 0.355 e. The second kappa shape index (κ2) is 11.2. The normalized spacial score (nSPS) is 18.0. The molecule has 1 amide bonds. The highest BCUT2D eigenvalue weighted by Crippen LogP contribution is 2.48. The molecule has 1 fully saturated rings. The zero-order valence-electron chi connectivity index (χ0n) is 24.4. The van der Waals surface area contributed by atoms with Gasteiger partial charge in [0.05, 0.1) is 39.1 Å². The predicted molar refractivity (Wildman–Crippen MR) is 167 cm³/mol. The van der Waals surface area contributed by atoms with E-state index in [1.165, 1.54) is 22.4 Å². The van der Waals surface area contributed by atoms with E-state index in [1.807, 2.05) is 32.6 Å². The molecule has 1 N–H and O–H groups in total. The number of rotatable bonds is 4. The van der Waals surface area contributed by atoms with Crippen molar-refractivity contribution in [3.05, 3.63) is 75.4 Å². The molecule has 44 heavy (non-hydrogen) atoms. The molecule has 2 atom stereocenters. The fourth-order valence-corrected chi connectivity index (χ4v) is 7.57. The van der Waals surface area contributed by atoms with E-state index in [2.05, 4.69) is 16.5 Å². The molecule has 0 spiro atoms. The summed E-state index contributed by atoms with van der Waals surface area (Å²) in [6, 6.07) is 3.12. The molecule has 2 aliphatic rings. The molecule has 0 aliphatic carbocycles. The van der Waals surface area contributed by atoms with Gasteiger partial charge < -0.3 is 14.9 Å². The number of fused-ring (bicyclic) bond motifs is 2. The van der Waals surface area contributed by atoms with Gasteiger partial charge in [0.1, 0.15) is 11.6 Å². The standard InChI is InChI=1S/C31H29ClF2N6O3S/c1-6-20(42)38-12-17-13-44-28-22-29(39(17)11-16(38)5)37-31(43)40(27-15(4)9-10-35-25(27)14(2)3)30(22)36-26(23(28)32)21-19(41)8-7-18(33)24(21)34/h6-10,14,16-17,41H,1,11-13H2,2-5H3. The number of benzene rings is 1. The van der Waals surface area contributed by atoms with Gasteiger partial charge in [-0.1, -0.05) is 32.0 Å². The number of aromatic hydroxyl groups is 1. The van der Waals surface area contributed by atoms with Crippen molar-refractivity contribution < 1.29 is 18.7 Å². The van der Waals surface area contributed by atoms with Crippen LogP contribution in [-0.2, 0) is 4.79 Å². The largest absolute Gasteiger partial charge is 0.507 e. The monoisotopic (exact) mass is 638 g/mol. The number of phenols is 1. The van der Waals surface area contributed by atoms with Gasteiger partial charge in [-0.2, -0.15) is 4.98 Å². The Morgan fingerprint density at radius 1 is 1.23 bits per heavy atom. The Balaban J connectivity index is 1.73. The second-order valence-electron chi connectivity index (χ2n) is 11.3. The smallest absolute Gasteiger partial charge is 0.355 e. The zero-order chi connectivity index (χ0) is 31.6. The van der Waals surface area contributed by atoms with Crippen LogP contribution in [0.15, 0.2) is 46.7 Å². The van der Waals surface area contributed by atoms with E-state index >= 15 is 4.39 Å². The first-order chi connectivity index (χ1) is 20.9. The SMILES string of the molecule is C=CC(=O)N1CC2CSc3c(Cl)c(-c4c(O)ccc(F)c4F)nc4c3c(nc(=O)n4-c3c(C)ccnc3C(C)C)N2CC1C. The van der Waals surface area contributed by atoms with Crippen LogP contribution in [0.1, 0.15) is 37.9 Å². The van der Waals surface area contributed by atoms with Gasteiger partial charge in [-0.05, 0) is 49.6 Å². The van der Waals surface area contributed by atoms with E-state index in [9.17, 15) is 19.1 Å². The molecule has 1 aromatic carbocycles. The van der Waals surface area contributed by atoms with E-state index < -0.39 is 28.6 Å². The summed E-state index contributed by atoms with van der Waals surface area (Å²) in [5.74, 6) is -2.60. The average molecular weight is 639 g/mol. The Kier molecular flexibility index (Phi) is 7.61. The van der Waals surface area contributed by atoms with Crippen molar-refractivity contribution in [2.24, 2.45) is 0 Å². The number of hydrogen-bond donors (Lipinski definition) is 1. The number of hydrogen-bond acceptors (Lipinski definition) is 8. The summed E-state index contributed by atoms with van der Waals surface area (Å²) in [5.41, 5.74) is 0.551. The summed E-state index contributed by atoms with van der Waals surface area (Å²) in [6.45, 7) is 12.0. The summed E-state index contributed by atoms with van der Waals surface area (Å²) in [4.78, 5) is 44.8. The first-order valence-electron chi connectivity index (χ1n) is 14.1. The molecule has 13 heteroatoms. The van der Waals surface area contributed by atoms with Gasteiger partial charge in [-0.3, -0.25) is 9.78 Å². The number of pyridine rings is 2. The Morgan fingerprint density at radius 3 is 2.68 bits per heavy atom. The average Bonchev–Trinajstić information content (AvgIpc) is 3.14. The van der Waals surface area contributed by atoms with Gasteiger partial charge in [-0.25, -0.2) is 23.1 Å². The lowest BCUT2D eigenvalue weighted by molar-refractivity contribution is -0.128. The van der Waals surface area contributed by atoms with Crippen molar-refractivity contribution in [1.82, 2.24) is 24.4 Å². The Labute approximate surface area is 261 Å². The van der Waals surface area contributed by atoms with Gasteiger partial charge in [0.2, 0.25) is 5.91 Å². The lowest BCUT2D eigenvalue weighted by Gasteiger charge is -2.45. The van der Waals surface area contributed by atoms with Gasteiger partial charge in [0.25, 0.3) is 0 Å². The first-order valence-corrected chi connectivity index (χ1v) is 15.4. The molecule has 2 unspecified atom stereocenters. The molecule has 1 saturated heterocycles. The highest BCUT2D eigenvalue weighted by atomic mass is 35.5. The lowest BCUT2D eigenvalue weighted by atomic mass is 10.0. The highest BCUT2D eigenvalue weighted by molar-refractivity contribution is 7.99. The number of aromatic nitrogens is 4. The van der Waals surface area contributed by atoms with E-state index in [0.717, 1.165) is 17.7 Å². The van der Waals surface area contributed by atoms with Gasteiger partial charge in [0.15, 0.2) is 17.3 Å². The van der Waals surface area contributed by atoms with Crippen LogP contribution in [-0.4, -0.2) is 66.4 Å². The number of anilines is 1. The van der Waals surface area contributed by atoms with Gasteiger partial charge in [-0.15, -0.1) is 11.8 Å². The molecule has 4 aromatic rings. The first kappa shape index (κ1) is 30.0. The van der Waals surface area contributed by atoms with Crippen LogP contribution in [0.25, 0.3) is 28.0 Å². The van der Waals surface area contributed by atoms with Crippen LogP contribution in [0.3, 0.4) is 0 Å². The van der Waals surface area contributed by atoms with Crippen molar-refractivity contribution in [1.29, 1.82) is 0 Å². The van der Waals surface area contributed by atoms with E-state index in [4.69, 9.17) is 16.6 Å². The minimum absolute atomic E-state index is 0.0190. The third kappa shape index (κ3) is 4.62. The number of thioether (sulfide) groups is 1. The van der Waals surface area contributed by atoms with Crippen molar-refractivity contribution in [2.75, 3.05) is 23.7 Å². The zero-order valence-corrected chi connectivity index (χ0v) is 26.0. The number of halogens is 3. The number of phenolic OH excluding ortho intramolecular Hbond substituents is 1. The maximum absolute atomic E-state index is 15.3. The molecule has 3 aromatic heterocycles. The van der Waals surface area contributed by atoms with E-state index in [0.29, 0.717) is 46.3 Å².